The molecule has 0 radical (unpaired) electrons. The highest BCUT2D eigenvalue weighted by atomic mass is 79.9. The van der Waals surface area contributed by atoms with E-state index in [-0.39, 0.29) is 12.0 Å². The molecule has 0 saturated carbocycles. The van der Waals surface area contributed by atoms with Gasteiger partial charge in [0.15, 0.2) is 0 Å². The van der Waals surface area contributed by atoms with Crippen molar-refractivity contribution < 1.29 is 4.79 Å². The van der Waals surface area contributed by atoms with Gasteiger partial charge in [-0.25, -0.2) is 0 Å². The first-order valence-electron chi connectivity index (χ1n) is 7.52. The van der Waals surface area contributed by atoms with Gasteiger partial charge in [0.05, 0.1) is 6.04 Å². The van der Waals surface area contributed by atoms with Crippen LogP contribution in [-0.4, -0.2) is 30.4 Å². The van der Waals surface area contributed by atoms with E-state index in [4.69, 9.17) is 0 Å². The fraction of sp³-hybridized carbons (Fsp3) is 0.562. The molecular weight excluding hydrogens is 316 g/mol. The van der Waals surface area contributed by atoms with E-state index in [0.29, 0.717) is 5.91 Å². The first-order chi connectivity index (χ1) is 9.75. The van der Waals surface area contributed by atoms with E-state index in [1.165, 1.54) is 5.56 Å². The summed E-state index contributed by atoms with van der Waals surface area (Å²) in [4.78, 5) is 14.9. The van der Waals surface area contributed by atoms with E-state index >= 15 is 0 Å². The van der Waals surface area contributed by atoms with Crippen molar-refractivity contribution in [3.8, 4) is 0 Å². The fourth-order valence-electron chi connectivity index (χ4n) is 3.37. The maximum atomic E-state index is 12.7. The van der Waals surface area contributed by atoms with Crippen LogP contribution in [0.15, 0.2) is 28.7 Å². The highest BCUT2D eigenvalue weighted by Crippen LogP contribution is 2.34. The zero-order chi connectivity index (χ0) is 13.9. The second kappa shape index (κ2) is 6.27. The van der Waals surface area contributed by atoms with Crippen molar-refractivity contribution in [2.75, 3.05) is 19.6 Å². The minimum absolute atomic E-state index is 0.229. The molecule has 2 heterocycles. The molecule has 0 aromatic heterocycles. The van der Waals surface area contributed by atoms with Crippen LogP contribution in [-0.2, 0) is 4.79 Å². The Morgan fingerprint density at radius 3 is 2.55 bits per heavy atom. The van der Waals surface area contributed by atoms with Crippen LogP contribution < -0.4 is 5.32 Å². The number of carbonyl (C=O) groups is 1. The van der Waals surface area contributed by atoms with E-state index in [0.717, 1.165) is 49.8 Å². The number of amides is 1. The monoisotopic (exact) mass is 336 g/mol. The number of piperidine rings is 1. The number of halogens is 1. The van der Waals surface area contributed by atoms with Gasteiger partial charge in [-0.15, -0.1) is 0 Å². The molecule has 3 nitrogen and oxygen atoms in total. The number of hydrogen-bond acceptors (Lipinski definition) is 2. The van der Waals surface area contributed by atoms with Crippen LogP contribution in [0.3, 0.4) is 0 Å². The summed E-state index contributed by atoms with van der Waals surface area (Å²) in [6.07, 6.45) is 4.20. The maximum Gasteiger partial charge on any atom is 0.226 e. The first-order valence-corrected chi connectivity index (χ1v) is 8.31. The van der Waals surface area contributed by atoms with E-state index in [1.807, 2.05) is 0 Å². The van der Waals surface area contributed by atoms with E-state index in [2.05, 4.69) is 50.4 Å². The smallest absolute Gasteiger partial charge is 0.226 e. The molecule has 20 heavy (non-hydrogen) atoms. The Hall–Kier alpha value is -0.870. The number of nitrogens with zero attached hydrogens (tertiary/aromatic N) is 1. The molecule has 2 aliphatic rings. The lowest BCUT2D eigenvalue weighted by Gasteiger charge is -2.31. The molecule has 1 N–H and O–H groups in total. The zero-order valence-electron chi connectivity index (χ0n) is 11.6. The molecular formula is C16H21BrN2O. The van der Waals surface area contributed by atoms with Gasteiger partial charge in [-0.05, 0) is 56.5 Å². The second-order valence-electron chi connectivity index (χ2n) is 5.77. The van der Waals surface area contributed by atoms with Crippen molar-refractivity contribution in [1.29, 1.82) is 0 Å². The topological polar surface area (TPSA) is 32.3 Å². The first kappa shape index (κ1) is 14.1. The largest absolute Gasteiger partial charge is 0.335 e. The molecule has 1 unspecified atom stereocenters. The summed E-state index contributed by atoms with van der Waals surface area (Å²) >= 11 is 3.47. The summed E-state index contributed by atoms with van der Waals surface area (Å²) < 4.78 is 1.09. The molecule has 1 amide bonds. The predicted octanol–water partition coefficient (Wildman–Crippen LogP) is 3.11. The Balaban J connectivity index is 1.74. The summed E-state index contributed by atoms with van der Waals surface area (Å²) in [5.41, 5.74) is 1.27. The molecule has 2 fully saturated rings. The minimum Gasteiger partial charge on any atom is -0.335 e. The number of nitrogens with one attached hydrogen (secondary N) is 1. The molecule has 3 rings (SSSR count). The van der Waals surface area contributed by atoms with Crippen LogP contribution in [0, 0.1) is 5.92 Å². The Labute approximate surface area is 128 Å². The Morgan fingerprint density at radius 2 is 1.85 bits per heavy atom. The molecule has 4 heteroatoms. The summed E-state index contributed by atoms with van der Waals surface area (Å²) in [7, 11) is 0. The van der Waals surface area contributed by atoms with E-state index < -0.39 is 0 Å². The molecule has 1 atom stereocenters. The SMILES string of the molecule is O=C(C1CCNCC1)N1CCCC1c1ccc(Br)cc1. The number of hydrogen-bond donors (Lipinski definition) is 1. The van der Waals surface area contributed by atoms with Crippen LogP contribution in [0.4, 0.5) is 0 Å². The van der Waals surface area contributed by atoms with Crippen molar-refractivity contribution in [1.82, 2.24) is 10.2 Å². The highest BCUT2D eigenvalue weighted by Gasteiger charge is 2.34. The maximum absolute atomic E-state index is 12.7. The van der Waals surface area contributed by atoms with Crippen LogP contribution >= 0.6 is 15.9 Å². The van der Waals surface area contributed by atoms with Crippen LogP contribution in [0.2, 0.25) is 0 Å². The average molecular weight is 337 g/mol. The van der Waals surface area contributed by atoms with Crippen LogP contribution in [0.25, 0.3) is 0 Å². The van der Waals surface area contributed by atoms with Gasteiger partial charge in [0.2, 0.25) is 5.91 Å². The van der Waals surface area contributed by atoms with Gasteiger partial charge in [0.25, 0.3) is 0 Å². The van der Waals surface area contributed by atoms with Crippen molar-refractivity contribution in [3.63, 3.8) is 0 Å². The molecule has 1 aromatic carbocycles. The van der Waals surface area contributed by atoms with Crippen molar-refractivity contribution >= 4 is 21.8 Å². The van der Waals surface area contributed by atoms with Gasteiger partial charge in [0.1, 0.15) is 0 Å². The molecule has 108 valence electrons. The van der Waals surface area contributed by atoms with Gasteiger partial charge in [0, 0.05) is 16.9 Å². The summed E-state index contributed by atoms with van der Waals surface area (Å²) in [5, 5.41) is 3.33. The van der Waals surface area contributed by atoms with Crippen LogP contribution in [0.5, 0.6) is 0 Å². The summed E-state index contributed by atoms with van der Waals surface area (Å²) in [6.45, 7) is 2.88. The average Bonchev–Trinajstić information content (AvgIpc) is 2.97. The summed E-state index contributed by atoms with van der Waals surface area (Å²) in [6, 6.07) is 8.71. The fourth-order valence-corrected chi connectivity index (χ4v) is 3.63. The third-order valence-corrected chi connectivity index (χ3v) is 5.01. The zero-order valence-corrected chi connectivity index (χ0v) is 13.2. The van der Waals surface area contributed by atoms with Crippen molar-refractivity contribution in [3.05, 3.63) is 34.3 Å². The lowest BCUT2D eigenvalue weighted by atomic mass is 9.95. The van der Waals surface area contributed by atoms with Crippen LogP contribution in [0.1, 0.15) is 37.3 Å². The van der Waals surface area contributed by atoms with E-state index in [9.17, 15) is 4.79 Å². The molecule has 0 aliphatic carbocycles. The predicted molar refractivity (Wildman–Crippen MR) is 83.4 cm³/mol. The number of carbonyl (C=O) groups excluding carboxylic acids is 1. The normalized spacial score (nSPS) is 24.1. The Bertz CT molecular complexity index is 468. The molecule has 0 bridgehead atoms. The molecule has 0 spiro atoms. The standard InChI is InChI=1S/C16H21BrN2O/c17-14-5-3-12(4-6-14)15-2-1-11-19(15)16(20)13-7-9-18-10-8-13/h3-6,13,15,18H,1-2,7-11H2. The quantitative estimate of drug-likeness (QED) is 0.899. The highest BCUT2D eigenvalue weighted by molar-refractivity contribution is 9.10. The van der Waals surface area contributed by atoms with Gasteiger partial charge < -0.3 is 10.2 Å². The summed E-state index contributed by atoms with van der Waals surface area (Å²) in [5.74, 6) is 0.601. The van der Waals surface area contributed by atoms with Gasteiger partial charge >= 0.3 is 0 Å². The third kappa shape index (κ3) is 2.91. The lowest BCUT2D eigenvalue weighted by molar-refractivity contribution is -0.137. The van der Waals surface area contributed by atoms with Gasteiger partial charge in [-0.2, -0.15) is 0 Å². The van der Waals surface area contributed by atoms with Gasteiger partial charge in [-0.3, -0.25) is 4.79 Å². The molecule has 2 aliphatic heterocycles. The molecule has 1 aromatic rings. The van der Waals surface area contributed by atoms with Gasteiger partial charge in [-0.1, -0.05) is 28.1 Å². The number of likely N-dealkylation sites (tertiary alicyclic amines) is 1. The Morgan fingerprint density at radius 1 is 1.15 bits per heavy atom. The Kier molecular flexibility index (Phi) is 4.41. The number of rotatable bonds is 2. The number of benzene rings is 1. The second-order valence-corrected chi connectivity index (χ2v) is 6.68. The lowest BCUT2D eigenvalue weighted by Crippen LogP contribution is -2.40. The third-order valence-electron chi connectivity index (χ3n) is 4.48. The van der Waals surface area contributed by atoms with E-state index in [1.54, 1.807) is 0 Å². The molecule has 2 saturated heterocycles. The van der Waals surface area contributed by atoms with Crippen molar-refractivity contribution in [2.45, 2.75) is 31.7 Å². The van der Waals surface area contributed by atoms with Crippen molar-refractivity contribution in [2.24, 2.45) is 5.92 Å². The minimum atomic E-state index is 0.229.